The maximum Gasteiger partial charge on any atom is 0.335 e. The quantitative estimate of drug-likeness (QED) is 0.651. The third kappa shape index (κ3) is 4.66. The summed E-state index contributed by atoms with van der Waals surface area (Å²) >= 11 is 11.2. The zero-order chi connectivity index (χ0) is 20.1. The van der Waals surface area contributed by atoms with Crippen LogP contribution in [0.4, 0.5) is 5.69 Å². The van der Waals surface area contributed by atoms with Crippen LogP contribution in [0.3, 0.4) is 0 Å². The van der Waals surface area contributed by atoms with Crippen molar-refractivity contribution in [2.24, 2.45) is 0 Å². The van der Waals surface area contributed by atoms with Crippen molar-refractivity contribution in [1.82, 2.24) is 5.32 Å². The molecule has 0 aliphatic carbocycles. The van der Waals surface area contributed by atoms with Crippen LogP contribution in [0.2, 0.25) is 5.02 Å². The first-order valence-corrected chi connectivity index (χ1v) is 8.43. The van der Waals surface area contributed by atoms with Crippen molar-refractivity contribution in [1.29, 1.82) is 0 Å². The van der Waals surface area contributed by atoms with Gasteiger partial charge in [0, 0.05) is 0 Å². The van der Waals surface area contributed by atoms with Crippen molar-refractivity contribution in [2.45, 2.75) is 6.92 Å². The number of amides is 1. The van der Waals surface area contributed by atoms with E-state index in [1.807, 2.05) is 13.0 Å². The minimum Gasteiger partial charge on any atom is -0.496 e. The Hall–Kier alpha value is -2.84. The van der Waals surface area contributed by atoms with Gasteiger partial charge >= 0.3 is 5.97 Å². The van der Waals surface area contributed by atoms with Gasteiger partial charge in [-0.3, -0.25) is 10.1 Å². The Balaban J connectivity index is 2.25. The second-order valence-electron chi connectivity index (χ2n) is 5.41. The molecule has 0 saturated heterocycles. The molecule has 0 saturated carbocycles. The zero-order valence-electron chi connectivity index (χ0n) is 14.8. The highest BCUT2D eigenvalue weighted by atomic mass is 35.5. The molecule has 3 N–H and O–H groups in total. The van der Waals surface area contributed by atoms with E-state index in [2.05, 4.69) is 10.6 Å². The molecule has 27 heavy (non-hydrogen) atoms. The van der Waals surface area contributed by atoms with Crippen LogP contribution in [0.1, 0.15) is 26.3 Å². The standard InChI is InChI=1S/C18H17ClN2O5S/c1-9-5-4-6-11(14(9)25-2)16(22)21-18(27)20-13-8-10(17(23)24)7-12(19)15(13)26-3/h4-8H,1-3H3,(H,23,24)(H2,20,21,22,27). The number of aromatic carboxylic acids is 1. The fourth-order valence-corrected chi connectivity index (χ4v) is 2.94. The van der Waals surface area contributed by atoms with E-state index in [4.69, 9.17) is 38.4 Å². The Kier molecular flexibility index (Phi) is 6.59. The number of carbonyl (C=O) groups excluding carboxylic acids is 1. The van der Waals surface area contributed by atoms with E-state index in [0.29, 0.717) is 11.3 Å². The molecular weight excluding hydrogens is 392 g/mol. The van der Waals surface area contributed by atoms with Crippen molar-refractivity contribution < 1.29 is 24.2 Å². The van der Waals surface area contributed by atoms with Gasteiger partial charge in [0.15, 0.2) is 10.9 Å². The lowest BCUT2D eigenvalue weighted by Gasteiger charge is -2.16. The normalized spacial score (nSPS) is 10.1. The van der Waals surface area contributed by atoms with Crippen LogP contribution in [0.5, 0.6) is 11.5 Å². The number of hydrogen-bond acceptors (Lipinski definition) is 5. The average Bonchev–Trinajstić information content (AvgIpc) is 2.60. The van der Waals surface area contributed by atoms with E-state index in [-0.39, 0.29) is 27.1 Å². The first kappa shape index (κ1) is 20.5. The van der Waals surface area contributed by atoms with Crippen molar-refractivity contribution >= 4 is 46.5 Å². The third-order valence-corrected chi connectivity index (χ3v) is 4.12. The molecule has 2 rings (SSSR count). The highest BCUT2D eigenvalue weighted by molar-refractivity contribution is 7.80. The summed E-state index contributed by atoms with van der Waals surface area (Å²) in [4.78, 5) is 23.7. The molecule has 0 aliphatic rings. The van der Waals surface area contributed by atoms with Gasteiger partial charge in [0.2, 0.25) is 0 Å². The molecule has 7 nitrogen and oxygen atoms in total. The molecule has 0 heterocycles. The van der Waals surface area contributed by atoms with Gasteiger partial charge in [-0.1, -0.05) is 23.7 Å². The van der Waals surface area contributed by atoms with E-state index in [0.717, 1.165) is 5.56 Å². The lowest BCUT2D eigenvalue weighted by Crippen LogP contribution is -2.34. The lowest BCUT2D eigenvalue weighted by atomic mass is 10.1. The lowest BCUT2D eigenvalue weighted by molar-refractivity contribution is 0.0696. The van der Waals surface area contributed by atoms with E-state index >= 15 is 0 Å². The number of benzene rings is 2. The number of methoxy groups -OCH3 is 2. The highest BCUT2D eigenvalue weighted by Crippen LogP contribution is 2.34. The average molecular weight is 409 g/mol. The SMILES string of the molecule is COc1c(Cl)cc(C(=O)O)cc1NC(=S)NC(=O)c1cccc(C)c1OC. The number of carbonyl (C=O) groups is 2. The highest BCUT2D eigenvalue weighted by Gasteiger charge is 2.18. The minimum atomic E-state index is -1.16. The van der Waals surface area contributed by atoms with Crippen LogP contribution < -0.4 is 20.1 Å². The molecule has 0 aliphatic heterocycles. The summed E-state index contributed by atoms with van der Waals surface area (Å²) in [6.07, 6.45) is 0. The smallest absolute Gasteiger partial charge is 0.335 e. The first-order valence-electron chi connectivity index (χ1n) is 7.65. The fraction of sp³-hybridized carbons (Fsp3) is 0.167. The van der Waals surface area contributed by atoms with Crippen molar-refractivity contribution in [3.8, 4) is 11.5 Å². The van der Waals surface area contributed by atoms with Gasteiger partial charge in [-0.15, -0.1) is 0 Å². The molecule has 0 radical (unpaired) electrons. The first-order chi connectivity index (χ1) is 12.8. The Morgan fingerprint density at radius 2 is 1.81 bits per heavy atom. The number of carboxylic acid groups (broad SMARTS) is 1. The number of ether oxygens (including phenoxy) is 2. The van der Waals surface area contributed by atoms with Crippen molar-refractivity contribution in [3.63, 3.8) is 0 Å². The monoisotopic (exact) mass is 408 g/mol. The molecule has 0 bridgehead atoms. The number of halogens is 1. The third-order valence-electron chi connectivity index (χ3n) is 3.63. The van der Waals surface area contributed by atoms with Crippen molar-refractivity contribution in [3.05, 3.63) is 52.0 Å². The van der Waals surface area contributed by atoms with E-state index in [1.165, 1.54) is 26.4 Å². The summed E-state index contributed by atoms with van der Waals surface area (Å²) in [6.45, 7) is 1.82. The molecule has 0 spiro atoms. The summed E-state index contributed by atoms with van der Waals surface area (Å²) < 4.78 is 10.4. The van der Waals surface area contributed by atoms with E-state index < -0.39 is 11.9 Å². The van der Waals surface area contributed by atoms with Gasteiger partial charge in [-0.05, 0) is 42.9 Å². The summed E-state index contributed by atoms with van der Waals surface area (Å²) in [6, 6.07) is 7.71. The van der Waals surface area contributed by atoms with Crippen LogP contribution in [0.25, 0.3) is 0 Å². The molecule has 2 aromatic rings. The van der Waals surface area contributed by atoms with E-state index in [9.17, 15) is 9.59 Å². The molecule has 2 aromatic carbocycles. The summed E-state index contributed by atoms with van der Waals surface area (Å²) in [5.41, 5.74) is 1.26. The van der Waals surface area contributed by atoms with Gasteiger partial charge in [-0.2, -0.15) is 0 Å². The maximum absolute atomic E-state index is 12.5. The Labute approximate surface area is 166 Å². The topological polar surface area (TPSA) is 96.9 Å². The van der Waals surface area contributed by atoms with Gasteiger partial charge in [0.25, 0.3) is 5.91 Å². The molecular formula is C18H17ClN2O5S. The van der Waals surface area contributed by atoms with Crippen LogP contribution in [-0.2, 0) is 0 Å². The van der Waals surface area contributed by atoms with Gasteiger partial charge in [0.1, 0.15) is 5.75 Å². The van der Waals surface area contributed by atoms with Crippen molar-refractivity contribution in [2.75, 3.05) is 19.5 Å². The van der Waals surface area contributed by atoms with Crippen LogP contribution in [0, 0.1) is 6.92 Å². The number of thiocarbonyl (C=S) groups is 1. The fourth-order valence-electron chi connectivity index (χ4n) is 2.44. The number of nitrogens with one attached hydrogen (secondary N) is 2. The van der Waals surface area contributed by atoms with Gasteiger partial charge < -0.3 is 19.9 Å². The molecule has 0 atom stereocenters. The van der Waals surface area contributed by atoms with Gasteiger partial charge in [-0.25, -0.2) is 4.79 Å². The van der Waals surface area contributed by atoms with E-state index in [1.54, 1.807) is 12.1 Å². The van der Waals surface area contributed by atoms with Crippen LogP contribution >= 0.6 is 23.8 Å². The molecule has 1 amide bonds. The summed E-state index contributed by atoms with van der Waals surface area (Å²) in [5, 5.41) is 14.5. The van der Waals surface area contributed by atoms with Gasteiger partial charge in [0.05, 0.1) is 36.1 Å². The summed E-state index contributed by atoms with van der Waals surface area (Å²) in [5.74, 6) is -1.01. The number of hydrogen-bond donors (Lipinski definition) is 3. The molecule has 9 heteroatoms. The Bertz CT molecular complexity index is 917. The number of rotatable bonds is 5. The maximum atomic E-state index is 12.5. The Morgan fingerprint density at radius 3 is 2.41 bits per heavy atom. The molecule has 0 unspecified atom stereocenters. The number of carboxylic acids is 1. The summed E-state index contributed by atoms with van der Waals surface area (Å²) in [7, 11) is 2.85. The molecule has 142 valence electrons. The zero-order valence-corrected chi connectivity index (χ0v) is 16.3. The predicted molar refractivity (Wildman–Crippen MR) is 106 cm³/mol. The number of aryl methyl sites for hydroxylation is 1. The van der Waals surface area contributed by atoms with Crippen LogP contribution in [-0.4, -0.2) is 36.3 Å². The predicted octanol–water partition coefficient (Wildman–Crippen LogP) is 3.49. The second-order valence-corrected chi connectivity index (χ2v) is 6.22. The number of para-hydroxylation sites is 1. The largest absolute Gasteiger partial charge is 0.496 e. The molecule has 0 aromatic heterocycles. The van der Waals surface area contributed by atoms with Crippen LogP contribution in [0.15, 0.2) is 30.3 Å². The molecule has 0 fully saturated rings. The second kappa shape index (κ2) is 8.70. The Morgan fingerprint density at radius 1 is 1.15 bits per heavy atom. The number of anilines is 1. The minimum absolute atomic E-state index is 0.0551.